The van der Waals surface area contributed by atoms with Gasteiger partial charge in [0.25, 0.3) is 5.69 Å². The fourth-order valence-corrected chi connectivity index (χ4v) is 3.35. The molecule has 0 aromatic heterocycles. The van der Waals surface area contributed by atoms with Crippen LogP contribution in [0.5, 0.6) is 0 Å². The summed E-state index contributed by atoms with van der Waals surface area (Å²) in [6, 6.07) is 3.94. The molecule has 0 heterocycles. The number of hydrogen-bond donors (Lipinski definition) is 1. The number of nitro groups is 1. The third-order valence-electron chi connectivity index (χ3n) is 4.52. The number of benzene rings is 1. The molecule has 0 amide bonds. The van der Waals surface area contributed by atoms with E-state index in [0.29, 0.717) is 23.4 Å². The number of nitrogens with zero attached hydrogens (tertiary/aromatic N) is 1. The summed E-state index contributed by atoms with van der Waals surface area (Å²) in [6.07, 6.45) is 3.33. The molecule has 1 N–H and O–H groups in total. The predicted octanol–water partition coefficient (Wildman–Crippen LogP) is 4.61. The normalized spacial score (nSPS) is 25.9. The maximum absolute atomic E-state index is 13.2. The first-order valence-corrected chi connectivity index (χ1v) is 7.59. The van der Waals surface area contributed by atoms with E-state index in [2.05, 4.69) is 26.1 Å². The van der Waals surface area contributed by atoms with Crippen molar-refractivity contribution in [2.75, 3.05) is 5.32 Å². The molecule has 0 bridgehead atoms. The minimum atomic E-state index is -0.579. The van der Waals surface area contributed by atoms with Crippen molar-refractivity contribution in [3.8, 4) is 0 Å². The molecule has 5 heteroatoms. The first-order chi connectivity index (χ1) is 9.88. The molecule has 4 nitrogen and oxygen atoms in total. The van der Waals surface area contributed by atoms with Crippen molar-refractivity contribution in [2.24, 2.45) is 17.8 Å². The molecule has 1 aromatic rings. The second-order valence-corrected chi connectivity index (χ2v) is 6.50. The number of hydrogen-bond acceptors (Lipinski definition) is 3. The monoisotopic (exact) mass is 294 g/mol. The average molecular weight is 294 g/mol. The van der Waals surface area contributed by atoms with E-state index >= 15 is 0 Å². The molecule has 0 radical (unpaired) electrons. The molecule has 1 fully saturated rings. The van der Waals surface area contributed by atoms with Crippen molar-refractivity contribution in [2.45, 2.75) is 46.1 Å². The van der Waals surface area contributed by atoms with E-state index in [1.165, 1.54) is 18.6 Å². The van der Waals surface area contributed by atoms with Crippen LogP contribution >= 0.6 is 0 Å². The van der Waals surface area contributed by atoms with E-state index in [1.54, 1.807) is 0 Å². The van der Waals surface area contributed by atoms with Crippen LogP contribution in [0.15, 0.2) is 18.2 Å². The molecule has 3 unspecified atom stereocenters. The maximum atomic E-state index is 13.2. The Balaban J connectivity index is 2.24. The number of nitrogens with one attached hydrogen (secondary N) is 1. The highest BCUT2D eigenvalue weighted by Gasteiger charge is 2.31. The van der Waals surface area contributed by atoms with Gasteiger partial charge in [0.05, 0.1) is 11.0 Å². The molecule has 1 aliphatic rings. The molecule has 0 aliphatic heterocycles. The van der Waals surface area contributed by atoms with Gasteiger partial charge in [0, 0.05) is 6.04 Å². The fourth-order valence-electron chi connectivity index (χ4n) is 3.35. The van der Waals surface area contributed by atoms with E-state index in [1.807, 2.05) is 0 Å². The lowest BCUT2D eigenvalue weighted by atomic mass is 9.74. The second-order valence-electron chi connectivity index (χ2n) is 6.50. The molecule has 0 saturated heterocycles. The Bertz CT molecular complexity index is 519. The molecular formula is C16H23FN2O2. The molecule has 1 aromatic carbocycles. The summed E-state index contributed by atoms with van der Waals surface area (Å²) in [4.78, 5) is 10.6. The van der Waals surface area contributed by atoms with Gasteiger partial charge in [-0.2, -0.15) is 0 Å². The summed E-state index contributed by atoms with van der Waals surface area (Å²) < 4.78 is 13.2. The van der Waals surface area contributed by atoms with Crippen LogP contribution in [0.3, 0.4) is 0 Å². The first-order valence-electron chi connectivity index (χ1n) is 7.59. The lowest BCUT2D eigenvalue weighted by molar-refractivity contribution is -0.384. The van der Waals surface area contributed by atoms with Gasteiger partial charge < -0.3 is 5.32 Å². The van der Waals surface area contributed by atoms with Gasteiger partial charge in [-0.1, -0.05) is 27.2 Å². The Morgan fingerprint density at radius 2 is 2.10 bits per heavy atom. The van der Waals surface area contributed by atoms with Gasteiger partial charge >= 0.3 is 0 Å². The van der Waals surface area contributed by atoms with Gasteiger partial charge in [-0.15, -0.1) is 0 Å². The lowest BCUT2D eigenvalue weighted by Gasteiger charge is -2.38. The van der Waals surface area contributed by atoms with E-state index in [9.17, 15) is 14.5 Å². The SMILES string of the molecule is CC1CCC(C(C)C)C(Nc2ccc(F)cc2[N+](=O)[O-])C1. The highest BCUT2D eigenvalue weighted by atomic mass is 19.1. The smallest absolute Gasteiger partial charge is 0.295 e. The summed E-state index contributed by atoms with van der Waals surface area (Å²) >= 11 is 0. The van der Waals surface area contributed by atoms with E-state index in [0.717, 1.165) is 18.9 Å². The minimum absolute atomic E-state index is 0.185. The number of halogens is 1. The van der Waals surface area contributed by atoms with Crippen LogP contribution in [-0.2, 0) is 0 Å². The first kappa shape index (κ1) is 15.7. The standard InChI is InChI=1S/C16H23FN2O2/c1-10(2)13-6-4-11(3)8-15(13)18-14-7-5-12(17)9-16(14)19(20)21/h5,7,9-11,13,15,18H,4,6,8H2,1-3H3. The molecule has 1 aliphatic carbocycles. The third-order valence-corrected chi connectivity index (χ3v) is 4.52. The van der Waals surface area contributed by atoms with Crippen LogP contribution in [0.2, 0.25) is 0 Å². The van der Waals surface area contributed by atoms with Crippen molar-refractivity contribution in [3.63, 3.8) is 0 Å². The van der Waals surface area contributed by atoms with Crippen LogP contribution in [0, 0.1) is 33.7 Å². The van der Waals surface area contributed by atoms with Gasteiger partial charge in [-0.25, -0.2) is 4.39 Å². The number of rotatable bonds is 4. The zero-order chi connectivity index (χ0) is 15.6. The van der Waals surface area contributed by atoms with E-state index < -0.39 is 10.7 Å². The molecular weight excluding hydrogens is 271 g/mol. The lowest BCUT2D eigenvalue weighted by Crippen LogP contribution is -2.38. The molecule has 21 heavy (non-hydrogen) atoms. The van der Waals surface area contributed by atoms with Gasteiger partial charge in [-0.3, -0.25) is 10.1 Å². The van der Waals surface area contributed by atoms with Crippen molar-refractivity contribution < 1.29 is 9.31 Å². The molecule has 3 atom stereocenters. The quantitative estimate of drug-likeness (QED) is 0.652. The van der Waals surface area contributed by atoms with Crippen molar-refractivity contribution in [1.29, 1.82) is 0 Å². The largest absolute Gasteiger partial charge is 0.376 e. The topological polar surface area (TPSA) is 55.2 Å². The van der Waals surface area contributed by atoms with Gasteiger partial charge in [0.1, 0.15) is 11.5 Å². The van der Waals surface area contributed by atoms with Gasteiger partial charge in [-0.05, 0) is 42.7 Å². The summed E-state index contributed by atoms with van der Waals surface area (Å²) in [5, 5.41) is 14.4. The molecule has 2 rings (SSSR count). The van der Waals surface area contributed by atoms with Crippen LogP contribution in [0.4, 0.5) is 15.8 Å². The van der Waals surface area contributed by atoms with E-state index in [-0.39, 0.29) is 11.7 Å². The Labute approximate surface area is 124 Å². The van der Waals surface area contributed by atoms with Crippen LogP contribution < -0.4 is 5.32 Å². The average Bonchev–Trinajstić information content (AvgIpc) is 2.40. The number of nitro benzene ring substituents is 1. The van der Waals surface area contributed by atoms with Crippen LogP contribution in [-0.4, -0.2) is 11.0 Å². The highest BCUT2D eigenvalue weighted by Crippen LogP contribution is 2.37. The van der Waals surface area contributed by atoms with Crippen LogP contribution in [0.1, 0.15) is 40.0 Å². The predicted molar refractivity (Wildman–Crippen MR) is 81.8 cm³/mol. The summed E-state index contributed by atoms with van der Waals surface area (Å²) in [5.74, 6) is 1.04. The summed E-state index contributed by atoms with van der Waals surface area (Å²) in [6.45, 7) is 6.59. The third kappa shape index (κ3) is 3.71. The summed E-state index contributed by atoms with van der Waals surface area (Å²) in [7, 11) is 0. The summed E-state index contributed by atoms with van der Waals surface area (Å²) in [5.41, 5.74) is 0.238. The molecule has 1 saturated carbocycles. The van der Waals surface area contributed by atoms with Gasteiger partial charge in [0.15, 0.2) is 0 Å². The Morgan fingerprint density at radius 3 is 2.71 bits per heavy atom. The second kappa shape index (κ2) is 6.41. The fraction of sp³-hybridized carbons (Fsp3) is 0.625. The molecule has 116 valence electrons. The minimum Gasteiger partial charge on any atom is -0.376 e. The highest BCUT2D eigenvalue weighted by molar-refractivity contribution is 5.62. The van der Waals surface area contributed by atoms with Crippen LogP contribution in [0.25, 0.3) is 0 Å². The van der Waals surface area contributed by atoms with E-state index in [4.69, 9.17) is 0 Å². The zero-order valence-corrected chi connectivity index (χ0v) is 12.8. The van der Waals surface area contributed by atoms with Crippen molar-refractivity contribution in [3.05, 3.63) is 34.1 Å². The Hall–Kier alpha value is -1.65. The maximum Gasteiger partial charge on any atom is 0.295 e. The Morgan fingerprint density at radius 1 is 1.38 bits per heavy atom. The van der Waals surface area contributed by atoms with Crippen molar-refractivity contribution >= 4 is 11.4 Å². The number of anilines is 1. The Kier molecular flexibility index (Phi) is 4.80. The zero-order valence-electron chi connectivity index (χ0n) is 12.8. The molecule has 0 spiro atoms. The van der Waals surface area contributed by atoms with Gasteiger partial charge in [0.2, 0.25) is 0 Å². The van der Waals surface area contributed by atoms with Crippen molar-refractivity contribution in [1.82, 2.24) is 0 Å².